The molecule has 2 aromatic heterocycles. The second-order valence-electron chi connectivity index (χ2n) is 3.35. The number of rotatable bonds is 3. The Kier molecular flexibility index (Phi) is 2.62. The molecule has 0 radical (unpaired) electrons. The number of aryl methyl sites for hydroxylation is 2. The molecule has 2 aromatic rings. The van der Waals surface area contributed by atoms with Crippen molar-refractivity contribution >= 4 is 5.82 Å². The van der Waals surface area contributed by atoms with Crippen LogP contribution < -0.4 is 5.32 Å². The van der Waals surface area contributed by atoms with Crippen molar-refractivity contribution in [3.05, 3.63) is 36.0 Å². The van der Waals surface area contributed by atoms with Crippen LogP contribution in [0.1, 0.15) is 11.5 Å². The van der Waals surface area contributed by atoms with E-state index in [0.717, 1.165) is 17.3 Å². The third kappa shape index (κ3) is 2.52. The fourth-order valence-corrected chi connectivity index (χ4v) is 1.28. The number of aromatic nitrogens is 4. The van der Waals surface area contributed by atoms with Crippen LogP contribution in [0.15, 0.2) is 24.5 Å². The average molecular weight is 203 g/mol. The minimum Gasteiger partial charge on any atom is -0.363 e. The van der Waals surface area contributed by atoms with E-state index in [9.17, 15) is 0 Å². The van der Waals surface area contributed by atoms with Crippen molar-refractivity contribution in [1.29, 1.82) is 0 Å². The van der Waals surface area contributed by atoms with Crippen molar-refractivity contribution < 1.29 is 0 Å². The van der Waals surface area contributed by atoms with Crippen LogP contribution >= 0.6 is 0 Å². The zero-order valence-electron chi connectivity index (χ0n) is 8.81. The Morgan fingerprint density at radius 3 is 2.93 bits per heavy atom. The van der Waals surface area contributed by atoms with Gasteiger partial charge in [-0.3, -0.25) is 4.68 Å². The van der Waals surface area contributed by atoms with Crippen LogP contribution in [0.5, 0.6) is 0 Å². The standard InChI is InChI=1S/C10H13N5/c1-8-4-3-5-9(13-8)11-6-10-12-7-15(2)14-10/h3-5,7H,6H2,1-2H3,(H,11,13). The van der Waals surface area contributed by atoms with Gasteiger partial charge in [-0.2, -0.15) is 5.10 Å². The predicted octanol–water partition coefficient (Wildman–Crippen LogP) is 1.13. The van der Waals surface area contributed by atoms with E-state index in [-0.39, 0.29) is 0 Å². The van der Waals surface area contributed by atoms with E-state index in [1.807, 2.05) is 32.2 Å². The maximum atomic E-state index is 4.32. The van der Waals surface area contributed by atoms with Crippen molar-refractivity contribution in [2.75, 3.05) is 5.32 Å². The van der Waals surface area contributed by atoms with Gasteiger partial charge in [0.05, 0.1) is 6.54 Å². The Morgan fingerprint density at radius 2 is 2.27 bits per heavy atom. The van der Waals surface area contributed by atoms with Crippen molar-refractivity contribution in [3.8, 4) is 0 Å². The van der Waals surface area contributed by atoms with Crippen molar-refractivity contribution in [3.63, 3.8) is 0 Å². The van der Waals surface area contributed by atoms with E-state index in [2.05, 4.69) is 20.4 Å². The number of anilines is 1. The monoisotopic (exact) mass is 203 g/mol. The van der Waals surface area contributed by atoms with Crippen molar-refractivity contribution in [2.24, 2.45) is 7.05 Å². The highest BCUT2D eigenvalue weighted by molar-refractivity contribution is 5.34. The van der Waals surface area contributed by atoms with E-state index in [0.29, 0.717) is 6.54 Å². The summed E-state index contributed by atoms with van der Waals surface area (Å²) in [4.78, 5) is 8.44. The van der Waals surface area contributed by atoms with Crippen LogP contribution in [0.25, 0.3) is 0 Å². The molecule has 0 aliphatic rings. The number of hydrogen-bond donors (Lipinski definition) is 1. The van der Waals surface area contributed by atoms with E-state index >= 15 is 0 Å². The highest BCUT2D eigenvalue weighted by Gasteiger charge is 1.99. The molecule has 0 unspecified atom stereocenters. The second kappa shape index (κ2) is 4.08. The summed E-state index contributed by atoms with van der Waals surface area (Å²) < 4.78 is 1.68. The molecule has 0 spiro atoms. The quantitative estimate of drug-likeness (QED) is 0.812. The molecule has 15 heavy (non-hydrogen) atoms. The fraction of sp³-hybridized carbons (Fsp3) is 0.300. The highest BCUT2D eigenvalue weighted by atomic mass is 15.3. The van der Waals surface area contributed by atoms with E-state index < -0.39 is 0 Å². The molecule has 5 heteroatoms. The molecule has 1 N–H and O–H groups in total. The van der Waals surface area contributed by atoms with Gasteiger partial charge in [0.1, 0.15) is 12.1 Å². The molecule has 0 amide bonds. The summed E-state index contributed by atoms with van der Waals surface area (Å²) in [5.74, 6) is 1.61. The summed E-state index contributed by atoms with van der Waals surface area (Å²) in [7, 11) is 1.85. The SMILES string of the molecule is Cc1cccc(NCc2ncn(C)n2)n1. The van der Waals surface area contributed by atoms with Gasteiger partial charge in [-0.05, 0) is 19.1 Å². The molecule has 2 heterocycles. The first-order valence-electron chi connectivity index (χ1n) is 4.76. The molecule has 5 nitrogen and oxygen atoms in total. The van der Waals surface area contributed by atoms with Crippen LogP contribution in [0.2, 0.25) is 0 Å². The second-order valence-corrected chi connectivity index (χ2v) is 3.35. The summed E-state index contributed by atoms with van der Waals surface area (Å²) in [6.45, 7) is 2.56. The molecule has 0 aromatic carbocycles. The topological polar surface area (TPSA) is 55.6 Å². The number of nitrogens with one attached hydrogen (secondary N) is 1. The molecule has 2 rings (SSSR count). The fourth-order valence-electron chi connectivity index (χ4n) is 1.28. The van der Waals surface area contributed by atoms with Gasteiger partial charge in [0, 0.05) is 12.7 Å². The van der Waals surface area contributed by atoms with Gasteiger partial charge in [-0.15, -0.1) is 0 Å². The average Bonchev–Trinajstić information content (AvgIpc) is 2.62. The first-order valence-corrected chi connectivity index (χ1v) is 4.76. The largest absolute Gasteiger partial charge is 0.363 e. The number of nitrogens with zero attached hydrogens (tertiary/aromatic N) is 4. The molecule has 0 fully saturated rings. The first kappa shape index (κ1) is 9.64. The third-order valence-electron chi connectivity index (χ3n) is 1.96. The van der Waals surface area contributed by atoms with Gasteiger partial charge < -0.3 is 5.32 Å². The third-order valence-corrected chi connectivity index (χ3v) is 1.96. The number of hydrogen-bond acceptors (Lipinski definition) is 4. The van der Waals surface area contributed by atoms with Crippen LogP contribution in [0.4, 0.5) is 5.82 Å². The lowest BCUT2D eigenvalue weighted by Crippen LogP contribution is -2.04. The smallest absolute Gasteiger partial charge is 0.169 e. The summed E-state index contributed by atoms with van der Waals surface area (Å²) in [6.07, 6.45) is 1.68. The van der Waals surface area contributed by atoms with Gasteiger partial charge in [0.15, 0.2) is 5.82 Å². The van der Waals surface area contributed by atoms with Crippen LogP contribution in [-0.2, 0) is 13.6 Å². The van der Waals surface area contributed by atoms with Gasteiger partial charge >= 0.3 is 0 Å². The first-order chi connectivity index (χ1) is 7.24. The van der Waals surface area contributed by atoms with Gasteiger partial charge in [-0.1, -0.05) is 6.07 Å². The van der Waals surface area contributed by atoms with Gasteiger partial charge in [0.2, 0.25) is 0 Å². The van der Waals surface area contributed by atoms with Crippen LogP contribution in [0.3, 0.4) is 0 Å². The summed E-state index contributed by atoms with van der Waals surface area (Å²) in [5, 5.41) is 7.33. The minimum atomic E-state index is 0.595. The molecule has 0 aliphatic carbocycles. The lowest BCUT2D eigenvalue weighted by Gasteiger charge is -2.02. The Morgan fingerprint density at radius 1 is 1.40 bits per heavy atom. The van der Waals surface area contributed by atoms with Gasteiger partial charge in [-0.25, -0.2) is 9.97 Å². The summed E-state index contributed by atoms with van der Waals surface area (Å²) >= 11 is 0. The lowest BCUT2D eigenvalue weighted by molar-refractivity contribution is 0.747. The maximum Gasteiger partial charge on any atom is 0.169 e. The van der Waals surface area contributed by atoms with Gasteiger partial charge in [0.25, 0.3) is 0 Å². The molecule has 0 atom stereocenters. The van der Waals surface area contributed by atoms with E-state index in [4.69, 9.17) is 0 Å². The Bertz CT molecular complexity index is 449. The Hall–Kier alpha value is -1.91. The molecule has 78 valence electrons. The normalized spacial score (nSPS) is 10.3. The van der Waals surface area contributed by atoms with Crippen molar-refractivity contribution in [1.82, 2.24) is 19.7 Å². The minimum absolute atomic E-state index is 0.595. The van der Waals surface area contributed by atoms with E-state index in [1.165, 1.54) is 0 Å². The molecule has 0 bridgehead atoms. The maximum absolute atomic E-state index is 4.32. The zero-order valence-corrected chi connectivity index (χ0v) is 8.81. The zero-order chi connectivity index (χ0) is 10.7. The van der Waals surface area contributed by atoms with Crippen LogP contribution in [-0.4, -0.2) is 19.7 Å². The molecule has 0 saturated carbocycles. The molecular weight excluding hydrogens is 190 g/mol. The Balaban J connectivity index is 1.99. The van der Waals surface area contributed by atoms with Crippen molar-refractivity contribution in [2.45, 2.75) is 13.5 Å². The highest BCUT2D eigenvalue weighted by Crippen LogP contribution is 2.04. The molecule has 0 aliphatic heterocycles. The van der Waals surface area contributed by atoms with E-state index in [1.54, 1.807) is 11.0 Å². The predicted molar refractivity (Wildman–Crippen MR) is 57.3 cm³/mol. The molecule has 0 saturated heterocycles. The summed E-state index contributed by atoms with van der Waals surface area (Å²) in [6, 6.07) is 5.86. The summed E-state index contributed by atoms with van der Waals surface area (Å²) in [5.41, 5.74) is 0.994. The number of pyridine rings is 1. The Labute approximate surface area is 88.2 Å². The molecular formula is C10H13N5. The lowest BCUT2D eigenvalue weighted by atomic mass is 10.4. The van der Waals surface area contributed by atoms with Crippen LogP contribution in [0, 0.1) is 6.92 Å².